The first-order valence-corrected chi connectivity index (χ1v) is 7.41. The van der Waals surface area contributed by atoms with Crippen molar-refractivity contribution in [3.05, 3.63) is 0 Å². The Hall–Kier alpha value is -0.610. The van der Waals surface area contributed by atoms with Crippen LogP contribution in [-0.4, -0.2) is 50.2 Å². The fourth-order valence-corrected chi connectivity index (χ4v) is 2.94. The molecule has 0 atom stereocenters. The number of hydrogen-bond donors (Lipinski definition) is 1. The molecule has 0 radical (unpaired) electrons. The van der Waals surface area contributed by atoms with Crippen molar-refractivity contribution in [2.45, 2.75) is 38.5 Å². The summed E-state index contributed by atoms with van der Waals surface area (Å²) in [5.41, 5.74) is 0. The second kappa shape index (κ2) is 7.74. The van der Waals surface area contributed by atoms with Gasteiger partial charge in [0.05, 0.1) is 13.2 Å². The van der Waals surface area contributed by atoms with Crippen molar-refractivity contribution >= 4 is 5.91 Å². The van der Waals surface area contributed by atoms with Crippen molar-refractivity contribution in [3.63, 3.8) is 0 Å². The third kappa shape index (κ3) is 4.94. The molecule has 0 bridgehead atoms. The van der Waals surface area contributed by atoms with Crippen LogP contribution in [0.4, 0.5) is 0 Å². The number of hydrogen-bond acceptors (Lipinski definition) is 3. The number of carbonyl (C=O) groups is 1. The van der Waals surface area contributed by atoms with Crippen LogP contribution in [0.1, 0.15) is 38.5 Å². The van der Waals surface area contributed by atoms with E-state index in [-0.39, 0.29) is 5.91 Å². The summed E-state index contributed by atoms with van der Waals surface area (Å²) in [6.07, 6.45) is 7.53. The third-order valence-electron chi connectivity index (χ3n) is 4.02. The highest BCUT2D eigenvalue weighted by Crippen LogP contribution is 2.24. The summed E-state index contributed by atoms with van der Waals surface area (Å²) in [5.74, 6) is 0.999. The summed E-state index contributed by atoms with van der Waals surface area (Å²) in [6, 6.07) is 0. The van der Waals surface area contributed by atoms with E-state index in [1.807, 2.05) is 0 Å². The average Bonchev–Trinajstić information content (AvgIpc) is 2.41. The molecule has 1 N–H and O–H groups in total. The lowest BCUT2D eigenvalue weighted by Gasteiger charge is -2.30. The fraction of sp³-hybridized carbons (Fsp3) is 0.929. The smallest absolute Gasteiger partial charge is 0.221 e. The van der Waals surface area contributed by atoms with E-state index in [1.165, 1.54) is 32.1 Å². The van der Waals surface area contributed by atoms with Crippen LogP contribution in [0.25, 0.3) is 0 Å². The lowest BCUT2D eigenvalue weighted by molar-refractivity contribution is -0.122. The second-order valence-corrected chi connectivity index (χ2v) is 5.52. The molecule has 2 fully saturated rings. The average molecular weight is 254 g/mol. The Morgan fingerprint density at radius 1 is 1.17 bits per heavy atom. The second-order valence-electron chi connectivity index (χ2n) is 5.52. The summed E-state index contributed by atoms with van der Waals surface area (Å²) >= 11 is 0. The third-order valence-corrected chi connectivity index (χ3v) is 4.02. The molecule has 1 aliphatic carbocycles. The molecule has 1 heterocycles. The van der Waals surface area contributed by atoms with E-state index in [0.717, 1.165) is 32.2 Å². The zero-order valence-electron chi connectivity index (χ0n) is 11.3. The first-order chi connectivity index (χ1) is 8.84. The van der Waals surface area contributed by atoms with Crippen LogP contribution < -0.4 is 5.32 Å². The standard InChI is InChI=1S/C14H26N2O2/c17-14-6-8-16(9-11-18-10-7-15-14)12-13-4-2-1-3-5-13/h13H,1-12H2,(H,15,17). The van der Waals surface area contributed by atoms with Crippen LogP contribution in [0.15, 0.2) is 0 Å². The predicted octanol–water partition coefficient (Wildman–Crippen LogP) is 1.41. The molecule has 1 aliphatic heterocycles. The Labute approximate surface area is 110 Å². The van der Waals surface area contributed by atoms with E-state index >= 15 is 0 Å². The lowest BCUT2D eigenvalue weighted by Crippen LogP contribution is -2.39. The van der Waals surface area contributed by atoms with Crippen molar-refractivity contribution < 1.29 is 9.53 Å². The monoisotopic (exact) mass is 254 g/mol. The van der Waals surface area contributed by atoms with E-state index in [2.05, 4.69) is 10.2 Å². The minimum atomic E-state index is 0.161. The molecule has 18 heavy (non-hydrogen) atoms. The van der Waals surface area contributed by atoms with Crippen LogP contribution in [0.2, 0.25) is 0 Å². The van der Waals surface area contributed by atoms with Gasteiger partial charge in [0.15, 0.2) is 0 Å². The molecule has 4 heteroatoms. The van der Waals surface area contributed by atoms with Crippen molar-refractivity contribution in [1.29, 1.82) is 0 Å². The highest BCUT2D eigenvalue weighted by Gasteiger charge is 2.18. The molecular formula is C14H26N2O2. The first-order valence-electron chi connectivity index (χ1n) is 7.41. The molecule has 0 aromatic carbocycles. The van der Waals surface area contributed by atoms with Gasteiger partial charge in [-0.2, -0.15) is 0 Å². The topological polar surface area (TPSA) is 41.6 Å². The zero-order valence-corrected chi connectivity index (χ0v) is 11.3. The molecule has 2 aliphatic rings. The molecule has 1 saturated carbocycles. The van der Waals surface area contributed by atoms with Crippen molar-refractivity contribution in [2.24, 2.45) is 5.92 Å². The molecule has 4 nitrogen and oxygen atoms in total. The Balaban J connectivity index is 1.77. The quantitative estimate of drug-likeness (QED) is 0.810. The maximum Gasteiger partial charge on any atom is 0.221 e. The van der Waals surface area contributed by atoms with Gasteiger partial charge in [0.1, 0.15) is 0 Å². The van der Waals surface area contributed by atoms with Crippen molar-refractivity contribution in [3.8, 4) is 0 Å². The number of carbonyl (C=O) groups excluding carboxylic acids is 1. The summed E-state index contributed by atoms with van der Waals surface area (Å²) in [7, 11) is 0. The first kappa shape index (κ1) is 13.8. The van der Waals surface area contributed by atoms with Crippen LogP contribution in [0.3, 0.4) is 0 Å². The number of nitrogens with zero attached hydrogens (tertiary/aromatic N) is 1. The van der Waals surface area contributed by atoms with Gasteiger partial charge in [-0.05, 0) is 18.8 Å². The van der Waals surface area contributed by atoms with Gasteiger partial charge in [-0.25, -0.2) is 0 Å². The van der Waals surface area contributed by atoms with E-state index < -0.39 is 0 Å². The molecule has 0 aromatic heterocycles. The van der Waals surface area contributed by atoms with Crippen LogP contribution in [0, 0.1) is 5.92 Å². The number of ether oxygens (including phenoxy) is 1. The van der Waals surface area contributed by atoms with Gasteiger partial charge in [-0.1, -0.05) is 19.3 Å². The van der Waals surface area contributed by atoms with Gasteiger partial charge in [0.2, 0.25) is 5.91 Å². The Morgan fingerprint density at radius 2 is 2.00 bits per heavy atom. The molecule has 0 spiro atoms. The summed E-state index contributed by atoms with van der Waals surface area (Å²) in [5, 5.41) is 2.89. The van der Waals surface area contributed by atoms with Crippen molar-refractivity contribution in [1.82, 2.24) is 10.2 Å². The number of nitrogens with one attached hydrogen (secondary N) is 1. The minimum Gasteiger partial charge on any atom is -0.378 e. The summed E-state index contributed by atoms with van der Waals surface area (Å²) in [4.78, 5) is 14.0. The molecular weight excluding hydrogens is 228 g/mol. The Kier molecular flexibility index (Phi) is 5.94. The molecule has 0 unspecified atom stereocenters. The number of amides is 1. The van der Waals surface area contributed by atoms with Gasteiger partial charge in [-0.15, -0.1) is 0 Å². The highest BCUT2D eigenvalue weighted by molar-refractivity contribution is 5.76. The molecule has 1 amide bonds. The largest absolute Gasteiger partial charge is 0.378 e. The zero-order chi connectivity index (χ0) is 12.6. The van der Waals surface area contributed by atoms with Crippen LogP contribution >= 0.6 is 0 Å². The van der Waals surface area contributed by atoms with Gasteiger partial charge in [0.25, 0.3) is 0 Å². The molecule has 0 aromatic rings. The molecule has 2 rings (SSSR count). The SMILES string of the molecule is O=C1CCN(CC2CCCCC2)CCOCCN1. The van der Waals surface area contributed by atoms with E-state index in [4.69, 9.17) is 4.74 Å². The van der Waals surface area contributed by atoms with Gasteiger partial charge in [-0.3, -0.25) is 4.79 Å². The maximum atomic E-state index is 11.5. The highest BCUT2D eigenvalue weighted by atomic mass is 16.5. The Bertz CT molecular complexity index is 252. The lowest BCUT2D eigenvalue weighted by atomic mass is 9.89. The fourth-order valence-electron chi connectivity index (χ4n) is 2.94. The predicted molar refractivity (Wildman–Crippen MR) is 71.5 cm³/mol. The van der Waals surface area contributed by atoms with Gasteiger partial charge >= 0.3 is 0 Å². The van der Waals surface area contributed by atoms with E-state index in [0.29, 0.717) is 19.6 Å². The summed E-state index contributed by atoms with van der Waals surface area (Å²) < 4.78 is 5.52. The maximum absolute atomic E-state index is 11.5. The Morgan fingerprint density at radius 3 is 2.83 bits per heavy atom. The van der Waals surface area contributed by atoms with Crippen molar-refractivity contribution in [2.75, 3.05) is 39.4 Å². The van der Waals surface area contributed by atoms with E-state index in [9.17, 15) is 4.79 Å². The molecule has 104 valence electrons. The molecule has 1 saturated heterocycles. The normalized spacial score (nSPS) is 25.7. The van der Waals surface area contributed by atoms with Crippen LogP contribution in [0.5, 0.6) is 0 Å². The van der Waals surface area contributed by atoms with Gasteiger partial charge < -0.3 is 15.0 Å². The van der Waals surface area contributed by atoms with Crippen LogP contribution in [-0.2, 0) is 9.53 Å². The number of rotatable bonds is 2. The summed E-state index contributed by atoms with van der Waals surface area (Å²) in [6.45, 7) is 5.10. The van der Waals surface area contributed by atoms with Gasteiger partial charge in [0, 0.05) is 32.6 Å². The van der Waals surface area contributed by atoms with E-state index in [1.54, 1.807) is 0 Å². The minimum absolute atomic E-state index is 0.161.